The molecule has 23 heavy (non-hydrogen) atoms. The van der Waals surface area contributed by atoms with Gasteiger partial charge < -0.3 is 10.4 Å². The van der Waals surface area contributed by atoms with Crippen molar-refractivity contribution in [3.63, 3.8) is 0 Å². The van der Waals surface area contributed by atoms with E-state index < -0.39 is 11.4 Å². The number of hydrogen-bond acceptors (Lipinski definition) is 2. The van der Waals surface area contributed by atoms with E-state index in [4.69, 9.17) is 0 Å². The van der Waals surface area contributed by atoms with E-state index >= 15 is 0 Å². The van der Waals surface area contributed by atoms with E-state index in [1.54, 1.807) is 6.92 Å². The Morgan fingerprint density at radius 1 is 1.09 bits per heavy atom. The lowest BCUT2D eigenvalue weighted by molar-refractivity contribution is -0.144. The first-order valence-electron chi connectivity index (χ1n) is 7.92. The zero-order valence-electron chi connectivity index (χ0n) is 13.2. The lowest BCUT2D eigenvalue weighted by atomic mass is 9.74. The zero-order chi connectivity index (χ0) is 16.3. The molecule has 2 N–H and O–H groups in total. The maximum atomic E-state index is 12.0. The van der Waals surface area contributed by atoms with Crippen molar-refractivity contribution in [2.75, 3.05) is 6.54 Å². The highest BCUT2D eigenvalue weighted by atomic mass is 16.4. The summed E-state index contributed by atoms with van der Waals surface area (Å²) in [5, 5.41) is 13.2. The number of hydrogen-bond donors (Lipinski definition) is 2. The standard InChI is InChI=1S/C20H21NO2/c1-20(19(22)23,18-9-5-6-14-21-18)17-12-10-16(11-13-17)15-7-3-2-4-8-15/h2-5,7-13,18,21H,6,14H2,1H3,(H,22,23)/t18-,20+/m0/s1. The molecule has 0 aromatic heterocycles. The van der Waals surface area contributed by atoms with Crippen LogP contribution in [0.1, 0.15) is 18.9 Å². The van der Waals surface area contributed by atoms with Crippen molar-refractivity contribution in [2.24, 2.45) is 0 Å². The quantitative estimate of drug-likeness (QED) is 0.848. The minimum atomic E-state index is -0.980. The Kier molecular flexibility index (Phi) is 4.30. The monoisotopic (exact) mass is 307 g/mol. The Bertz CT molecular complexity index is 706. The fourth-order valence-electron chi connectivity index (χ4n) is 3.09. The third-order valence-corrected chi connectivity index (χ3v) is 4.66. The van der Waals surface area contributed by atoms with Gasteiger partial charge in [0.05, 0.1) is 0 Å². The molecule has 0 saturated heterocycles. The van der Waals surface area contributed by atoms with Crippen LogP contribution in [-0.4, -0.2) is 23.7 Å². The summed E-state index contributed by atoms with van der Waals surface area (Å²) in [7, 11) is 0. The second-order valence-electron chi connectivity index (χ2n) is 6.10. The van der Waals surface area contributed by atoms with E-state index in [1.807, 2.05) is 48.5 Å². The molecule has 2 atom stereocenters. The van der Waals surface area contributed by atoms with Crippen LogP contribution >= 0.6 is 0 Å². The fraction of sp³-hybridized carbons (Fsp3) is 0.250. The third-order valence-electron chi connectivity index (χ3n) is 4.66. The van der Waals surface area contributed by atoms with Crippen molar-refractivity contribution in [1.82, 2.24) is 5.32 Å². The molecular weight excluding hydrogens is 286 g/mol. The zero-order valence-corrected chi connectivity index (χ0v) is 13.2. The van der Waals surface area contributed by atoms with Crippen LogP contribution in [0, 0.1) is 0 Å². The van der Waals surface area contributed by atoms with Crippen molar-refractivity contribution in [1.29, 1.82) is 0 Å². The summed E-state index contributed by atoms with van der Waals surface area (Å²) < 4.78 is 0. The normalized spacial score (nSPS) is 20.0. The molecule has 0 fully saturated rings. The molecule has 0 bridgehead atoms. The molecule has 0 amide bonds. The molecule has 0 saturated carbocycles. The Balaban J connectivity index is 1.96. The van der Waals surface area contributed by atoms with Gasteiger partial charge in [-0.25, -0.2) is 0 Å². The van der Waals surface area contributed by atoms with Gasteiger partial charge in [-0.05, 0) is 36.6 Å². The Hall–Kier alpha value is -2.39. The molecule has 3 rings (SSSR count). The van der Waals surface area contributed by atoms with Gasteiger partial charge in [0.1, 0.15) is 5.41 Å². The summed E-state index contributed by atoms with van der Waals surface area (Å²) in [4.78, 5) is 12.0. The average Bonchev–Trinajstić information content (AvgIpc) is 2.62. The van der Waals surface area contributed by atoms with Gasteiger partial charge in [0.25, 0.3) is 0 Å². The summed E-state index contributed by atoms with van der Waals surface area (Å²) in [5.41, 5.74) is 2.06. The van der Waals surface area contributed by atoms with Crippen molar-refractivity contribution < 1.29 is 9.90 Å². The van der Waals surface area contributed by atoms with Crippen LogP contribution in [0.2, 0.25) is 0 Å². The SMILES string of the molecule is C[C@@](C(=O)O)(c1ccc(-c2ccccc2)cc1)[C@@H]1C=CCCN1. The molecular formula is C20H21NO2. The second kappa shape index (κ2) is 6.39. The molecule has 118 valence electrons. The number of nitrogens with one attached hydrogen (secondary N) is 1. The van der Waals surface area contributed by atoms with Gasteiger partial charge in [-0.2, -0.15) is 0 Å². The molecule has 1 aliphatic rings. The second-order valence-corrected chi connectivity index (χ2v) is 6.10. The molecule has 1 heterocycles. The van der Waals surface area contributed by atoms with Crippen molar-refractivity contribution in [3.05, 3.63) is 72.3 Å². The minimum Gasteiger partial charge on any atom is -0.481 e. The maximum Gasteiger partial charge on any atom is 0.315 e. The van der Waals surface area contributed by atoms with E-state index in [9.17, 15) is 9.90 Å². The number of carboxylic acid groups (broad SMARTS) is 1. The van der Waals surface area contributed by atoms with Crippen LogP contribution in [0.15, 0.2) is 66.7 Å². The first kappa shape index (κ1) is 15.5. The third kappa shape index (κ3) is 2.92. The molecule has 0 radical (unpaired) electrons. The Morgan fingerprint density at radius 2 is 1.74 bits per heavy atom. The maximum absolute atomic E-state index is 12.0. The summed E-state index contributed by atoms with van der Waals surface area (Å²) >= 11 is 0. The molecule has 3 heteroatoms. The summed E-state index contributed by atoms with van der Waals surface area (Å²) in [5.74, 6) is -0.811. The van der Waals surface area contributed by atoms with Crippen molar-refractivity contribution in [3.8, 4) is 11.1 Å². The number of carbonyl (C=O) groups is 1. The molecule has 0 unspecified atom stereocenters. The Morgan fingerprint density at radius 3 is 2.30 bits per heavy atom. The average molecular weight is 307 g/mol. The highest BCUT2D eigenvalue weighted by Crippen LogP contribution is 2.32. The highest BCUT2D eigenvalue weighted by molar-refractivity contribution is 5.83. The molecule has 2 aromatic rings. The summed E-state index contributed by atoms with van der Waals surface area (Å²) in [6.07, 6.45) is 4.97. The van der Waals surface area contributed by atoms with Crippen LogP contribution < -0.4 is 5.32 Å². The fourth-order valence-corrected chi connectivity index (χ4v) is 3.09. The summed E-state index contributed by atoms with van der Waals surface area (Å²) in [6.45, 7) is 2.60. The van der Waals surface area contributed by atoms with Crippen molar-refractivity contribution in [2.45, 2.75) is 24.8 Å². The first-order chi connectivity index (χ1) is 11.1. The van der Waals surface area contributed by atoms with Gasteiger partial charge in [0.15, 0.2) is 0 Å². The van der Waals surface area contributed by atoms with Gasteiger partial charge in [-0.1, -0.05) is 66.7 Å². The minimum absolute atomic E-state index is 0.198. The predicted molar refractivity (Wildman–Crippen MR) is 92.4 cm³/mol. The predicted octanol–water partition coefficient (Wildman–Crippen LogP) is 3.61. The van der Waals surface area contributed by atoms with E-state index in [0.717, 1.165) is 29.7 Å². The summed E-state index contributed by atoms with van der Waals surface area (Å²) in [6, 6.07) is 17.8. The molecule has 0 spiro atoms. The lowest BCUT2D eigenvalue weighted by Crippen LogP contribution is -2.51. The van der Waals surface area contributed by atoms with E-state index in [2.05, 4.69) is 23.5 Å². The number of aliphatic carboxylic acids is 1. The first-order valence-corrected chi connectivity index (χ1v) is 7.92. The van der Waals surface area contributed by atoms with E-state index in [1.165, 1.54) is 0 Å². The number of carboxylic acids is 1. The molecule has 1 aliphatic heterocycles. The van der Waals surface area contributed by atoms with Gasteiger partial charge in [-0.15, -0.1) is 0 Å². The van der Waals surface area contributed by atoms with E-state index in [-0.39, 0.29) is 6.04 Å². The van der Waals surface area contributed by atoms with Crippen LogP contribution in [0.4, 0.5) is 0 Å². The number of rotatable bonds is 4. The molecule has 3 nitrogen and oxygen atoms in total. The van der Waals surface area contributed by atoms with Crippen LogP contribution in [-0.2, 0) is 10.2 Å². The van der Waals surface area contributed by atoms with Crippen LogP contribution in [0.5, 0.6) is 0 Å². The topological polar surface area (TPSA) is 49.3 Å². The van der Waals surface area contributed by atoms with Gasteiger partial charge >= 0.3 is 5.97 Å². The number of benzene rings is 2. The lowest BCUT2D eigenvalue weighted by Gasteiger charge is -2.35. The van der Waals surface area contributed by atoms with Crippen LogP contribution in [0.25, 0.3) is 11.1 Å². The van der Waals surface area contributed by atoms with Gasteiger partial charge in [0.2, 0.25) is 0 Å². The smallest absolute Gasteiger partial charge is 0.315 e. The van der Waals surface area contributed by atoms with Gasteiger partial charge in [-0.3, -0.25) is 4.79 Å². The van der Waals surface area contributed by atoms with Gasteiger partial charge in [0, 0.05) is 6.04 Å². The largest absolute Gasteiger partial charge is 0.481 e. The van der Waals surface area contributed by atoms with Crippen LogP contribution in [0.3, 0.4) is 0 Å². The molecule has 2 aromatic carbocycles. The Labute approximate surface area is 136 Å². The van der Waals surface area contributed by atoms with Crippen molar-refractivity contribution >= 4 is 5.97 Å². The molecule has 0 aliphatic carbocycles. The van der Waals surface area contributed by atoms with E-state index in [0.29, 0.717) is 0 Å². The highest BCUT2D eigenvalue weighted by Gasteiger charge is 2.42.